The minimum atomic E-state index is -2.67. The van der Waals surface area contributed by atoms with Gasteiger partial charge in [0.05, 0.1) is 65.5 Å². The lowest BCUT2D eigenvalue weighted by molar-refractivity contribution is -0.407. The molecule has 7 heterocycles. The summed E-state index contributed by atoms with van der Waals surface area (Å²) in [5.74, 6) is -4.52. The van der Waals surface area contributed by atoms with Crippen molar-refractivity contribution < 1.29 is 203 Å². The normalized spacial score (nSPS) is 44.0. The van der Waals surface area contributed by atoms with Crippen molar-refractivity contribution in [1.82, 2.24) is 26.6 Å². The van der Waals surface area contributed by atoms with Gasteiger partial charge in [-0.05, 0) is 0 Å². The van der Waals surface area contributed by atoms with E-state index in [1.807, 2.05) is 0 Å². The molecule has 46 nitrogen and oxygen atoms in total. The minimum Gasteiger partial charge on any atom is -0.394 e. The van der Waals surface area contributed by atoms with Crippen molar-refractivity contribution >= 4 is 29.5 Å². The Hall–Kier alpha value is -4.09. The van der Waals surface area contributed by atoms with Crippen molar-refractivity contribution in [2.24, 2.45) is 0 Å². The van der Waals surface area contributed by atoms with Gasteiger partial charge in [0, 0.05) is 34.6 Å². The molecule has 0 aromatic rings. The van der Waals surface area contributed by atoms with Crippen LogP contribution in [-0.2, 0) is 90.3 Å². The number of aliphatic hydroxyl groups excluding tert-OH is 22. The molecule has 7 aliphatic heterocycles. The van der Waals surface area contributed by atoms with Crippen LogP contribution in [0.4, 0.5) is 0 Å². The number of nitrogens with one attached hydrogen (secondary N) is 5. The van der Waals surface area contributed by atoms with E-state index in [0.29, 0.717) is 0 Å². The predicted octanol–water partition coefficient (Wildman–Crippen LogP) is -18.1. The van der Waals surface area contributed by atoms with E-state index in [4.69, 9.17) is 66.3 Å². The molecule has 0 bridgehead atoms. The Kier molecular flexibility index (Phi) is 32.7. The van der Waals surface area contributed by atoms with E-state index in [0.717, 1.165) is 34.6 Å². The van der Waals surface area contributed by atoms with Gasteiger partial charge in [-0.3, -0.25) is 24.0 Å². The molecule has 39 atom stereocenters. The van der Waals surface area contributed by atoms with E-state index in [-0.39, 0.29) is 0 Å². The van der Waals surface area contributed by atoms with Gasteiger partial charge in [0.15, 0.2) is 44.0 Å². The SMILES string of the molecule is CC(=O)N[C@@H]1[C@H](O[C@@H]2[C@@H](O[C@@H]3[C@H](O)[C@@H](O[C@H]4[C@H](O)[C@@H](NC(C)=O)[C@H](O[C@@H]([C@H](O)[C@H](CO)NC(C)=O)[C@H](O)CO)O[C@@H]4CO)O[C@H](CO[C@H]4O[C@H](CO)[C@@H](O)[C@H](O)[C@@H]4O[C@@H]4O[C@H](CO)[C@@H](O)[C@H](O)[C@H]4NC(C)=O)[C@H]3O[C@@H]3O[C@H](CO)[C@@H](O)[C@H](O)[C@H]3NC(C)=O)O[C@H](CO)[C@@H](O)[C@@H]2O)O[C@H](CO)[C@@H](O)[C@@H]1O. The van der Waals surface area contributed by atoms with Crippen molar-refractivity contribution in [3.8, 4) is 0 Å². The monoisotopic (exact) mass is 1520 g/mol. The smallest absolute Gasteiger partial charge is 0.217 e. The molecule has 7 aliphatic rings. The quantitative estimate of drug-likeness (QED) is 0.0306. The first-order valence-electron chi connectivity index (χ1n) is 33.0. The summed E-state index contributed by atoms with van der Waals surface area (Å²) in [6.45, 7) is -5.44. The molecular weight excluding hydrogens is 1420 g/mol. The molecule has 602 valence electrons. The minimum absolute atomic E-state index is 0.813. The summed E-state index contributed by atoms with van der Waals surface area (Å²) in [5, 5.41) is 256. The van der Waals surface area contributed by atoms with Crippen LogP contribution in [0.25, 0.3) is 0 Å². The second-order valence-electron chi connectivity index (χ2n) is 25.9. The van der Waals surface area contributed by atoms with Gasteiger partial charge in [0.25, 0.3) is 0 Å². The zero-order chi connectivity index (χ0) is 77.2. The summed E-state index contributed by atoms with van der Waals surface area (Å²) in [6.07, 6.45) is -73.2. The lowest BCUT2D eigenvalue weighted by Crippen LogP contribution is -2.71. The molecule has 0 aromatic carbocycles. The van der Waals surface area contributed by atoms with Gasteiger partial charge in [0.2, 0.25) is 29.5 Å². The molecule has 7 saturated heterocycles. The summed E-state index contributed by atoms with van der Waals surface area (Å²) in [7, 11) is 0. The molecule has 0 saturated carbocycles. The molecular formula is C58H99N5O41. The number of carbonyl (C=O) groups is 5. The summed E-state index contributed by atoms with van der Waals surface area (Å²) in [6, 6.07) is -9.23. The Morgan fingerprint density at radius 3 is 1.03 bits per heavy atom. The highest BCUT2D eigenvalue weighted by Crippen LogP contribution is 2.40. The number of hydrogen-bond acceptors (Lipinski definition) is 41. The zero-order valence-corrected chi connectivity index (χ0v) is 56.5. The maximum absolute atomic E-state index is 13.1. The molecule has 0 unspecified atom stereocenters. The number of amides is 5. The maximum atomic E-state index is 13.1. The first kappa shape index (κ1) is 87.1. The molecule has 5 amide bonds. The molecule has 46 heteroatoms. The van der Waals surface area contributed by atoms with Crippen LogP contribution in [0.5, 0.6) is 0 Å². The Labute approximate surface area is 590 Å². The van der Waals surface area contributed by atoms with Gasteiger partial charge in [-0.2, -0.15) is 0 Å². The predicted molar refractivity (Wildman–Crippen MR) is 325 cm³/mol. The average molecular weight is 1520 g/mol. The summed E-state index contributed by atoms with van der Waals surface area (Å²) in [4.78, 5) is 63.2. The van der Waals surface area contributed by atoms with E-state index >= 15 is 0 Å². The molecule has 0 spiro atoms. The molecule has 0 aromatic heterocycles. The number of rotatable bonds is 31. The van der Waals surface area contributed by atoms with Crippen LogP contribution >= 0.6 is 0 Å². The standard InChI is InChI=1S/C58H99N5O41/c1-15(72)59-20(6-64)33(78)46(21(77)7-65)99-55-32(63-19(5)76)42(87)47(27(13-71)97-55)100-56-45(90)49(102-58-51(44(89)38(83)26(12-70)96-58)104-54-31(62-18(4)75)41(86)36(81)24(10-68)94-54)48(101-52-29(60-16(2)73)39(84)34(79)22(8-66)92-52)28(98-56)14-91-57-50(43(88)37(82)25(11-69)95-57)103-53-30(61-17(3)74)40(85)35(80)23(9-67)93-53/h20-58,64-71,77-90H,6-14H2,1-5H3,(H,59,72)(H,60,73)(H,61,74)(H,62,75)(H,63,76)/t20-,21+,22+,23+,24+,25+,26+,27+,28+,29+,30+,31-,32+,33+,34+,35+,36+,37+,38+,39+,40+,41+,42+,43-,44-,45-,46+,47+,48+,49+,50-,51-,52-,53-,54-,55-,56+,57-,58+/m0/s1. The van der Waals surface area contributed by atoms with Crippen molar-refractivity contribution in [3.63, 3.8) is 0 Å². The second kappa shape index (κ2) is 39.0. The Morgan fingerprint density at radius 2 is 0.654 bits per heavy atom. The van der Waals surface area contributed by atoms with Crippen LogP contribution in [0.15, 0.2) is 0 Å². The maximum Gasteiger partial charge on any atom is 0.217 e. The fourth-order valence-electron chi connectivity index (χ4n) is 13.0. The first-order chi connectivity index (χ1) is 49.1. The van der Waals surface area contributed by atoms with E-state index in [2.05, 4.69) is 26.6 Å². The summed E-state index contributed by atoms with van der Waals surface area (Å²) in [5.41, 5.74) is 0. The molecule has 7 rings (SSSR count). The number of ether oxygens (including phenoxy) is 14. The average Bonchev–Trinajstić information content (AvgIpc) is 0.767. The van der Waals surface area contributed by atoms with Crippen molar-refractivity contribution in [1.29, 1.82) is 0 Å². The van der Waals surface area contributed by atoms with Gasteiger partial charge < -0.3 is 205 Å². The van der Waals surface area contributed by atoms with Crippen LogP contribution in [-0.4, -0.2) is 440 Å². The van der Waals surface area contributed by atoms with Gasteiger partial charge >= 0.3 is 0 Å². The highest BCUT2D eigenvalue weighted by molar-refractivity contribution is 5.75. The Bertz CT molecular complexity index is 2710. The number of hydrogen-bond donors (Lipinski definition) is 27. The van der Waals surface area contributed by atoms with Gasteiger partial charge in [-0.1, -0.05) is 0 Å². The van der Waals surface area contributed by atoms with Crippen LogP contribution in [0.2, 0.25) is 0 Å². The molecule has 7 fully saturated rings. The zero-order valence-electron chi connectivity index (χ0n) is 56.5. The fourth-order valence-corrected chi connectivity index (χ4v) is 13.0. The Balaban J connectivity index is 1.41. The van der Waals surface area contributed by atoms with Crippen LogP contribution in [0, 0.1) is 0 Å². The third kappa shape index (κ3) is 20.3. The van der Waals surface area contributed by atoms with Crippen LogP contribution in [0.1, 0.15) is 34.6 Å². The van der Waals surface area contributed by atoms with E-state index in [9.17, 15) is 136 Å². The second-order valence-corrected chi connectivity index (χ2v) is 25.9. The highest BCUT2D eigenvalue weighted by Gasteiger charge is 2.60. The van der Waals surface area contributed by atoms with Crippen LogP contribution < -0.4 is 26.6 Å². The van der Waals surface area contributed by atoms with Crippen molar-refractivity contribution in [3.05, 3.63) is 0 Å². The third-order valence-corrected chi connectivity index (χ3v) is 18.3. The van der Waals surface area contributed by atoms with Crippen LogP contribution in [0.3, 0.4) is 0 Å². The lowest BCUT2D eigenvalue weighted by Gasteiger charge is -2.52. The molecule has 104 heavy (non-hydrogen) atoms. The third-order valence-electron chi connectivity index (χ3n) is 18.3. The fraction of sp³-hybridized carbons (Fsp3) is 0.914. The molecule has 0 aliphatic carbocycles. The first-order valence-corrected chi connectivity index (χ1v) is 33.0. The molecule has 27 N–H and O–H groups in total. The summed E-state index contributed by atoms with van der Waals surface area (Å²) < 4.78 is 85.5. The molecule has 0 radical (unpaired) electrons. The topological polar surface area (TPSA) is 720 Å². The van der Waals surface area contributed by atoms with E-state index in [1.165, 1.54) is 0 Å². The number of aliphatic hydroxyl groups is 22. The van der Waals surface area contributed by atoms with E-state index in [1.54, 1.807) is 0 Å². The van der Waals surface area contributed by atoms with E-state index < -0.39 is 328 Å². The van der Waals surface area contributed by atoms with Gasteiger partial charge in [-0.25, -0.2) is 0 Å². The van der Waals surface area contributed by atoms with Gasteiger partial charge in [0.1, 0.15) is 189 Å². The van der Waals surface area contributed by atoms with Gasteiger partial charge in [-0.15, -0.1) is 0 Å². The lowest BCUT2D eigenvalue weighted by atomic mass is 9.93. The van der Waals surface area contributed by atoms with Crippen molar-refractivity contribution in [2.75, 3.05) is 59.5 Å². The van der Waals surface area contributed by atoms with Crippen molar-refractivity contribution in [2.45, 2.75) is 274 Å². The number of carbonyl (C=O) groups excluding carboxylic acids is 5. The Morgan fingerprint density at radius 1 is 0.327 bits per heavy atom. The largest absolute Gasteiger partial charge is 0.394 e. The highest BCUT2D eigenvalue weighted by atomic mass is 16.8. The summed E-state index contributed by atoms with van der Waals surface area (Å²) >= 11 is 0.